The molecule has 4 amide bonds. The number of nitrogens with one attached hydrogen (secondary N) is 3. The van der Waals surface area contributed by atoms with Crippen LogP contribution in [0.4, 0.5) is 16.2 Å². The Morgan fingerprint density at radius 1 is 1.10 bits per heavy atom. The van der Waals surface area contributed by atoms with Crippen LogP contribution in [0.3, 0.4) is 0 Å². The highest BCUT2D eigenvalue weighted by atomic mass is 16.5. The number of nitrogens with zero attached hydrogens (tertiary/aromatic N) is 1. The van der Waals surface area contributed by atoms with Crippen LogP contribution in [-0.2, 0) is 16.1 Å². The van der Waals surface area contributed by atoms with Gasteiger partial charge in [-0.15, -0.1) is 0 Å². The first-order valence-corrected chi connectivity index (χ1v) is 9.82. The van der Waals surface area contributed by atoms with E-state index in [1.54, 1.807) is 17.0 Å². The van der Waals surface area contributed by atoms with Gasteiger partial charge in [0.25, 0.3) is 0 Å². The van der Waals surface area contributed by atoms with E-state index in [0.29, 0.717) is 24.4 Å². The number of amides is 4. The highest BCUT2D eigenvalue weighted by Crippen LogP contribution is 2.25. The Morgan fingerprint density at radius 3 is 2.53 bits per heavy atom. The fourth-order valence-corrected chi connectivity index (χ4v) is 3.23. The molecule has 2 aromatic carbocycles. The predicted octanol–water partition coefficient (Wildman–Crippen LogP) is 2.57. The van der Waals surface area contributed by atoms with E-state index in [0.717, 1.165) is 29.8 Å². The average molecular weight is 410 g/mol. The number of hydrogen-bond donors (Lipinski definition) is 3. The van der Waals surface area contributed by atoms with E-state index in [1.807, 2.05) is 37.3 Å². The van der Waals surface area contributed by atoms with Gasteiger partial charge in [0, 0.05) is 25.2 Å². The molecule has 8 heteroatoms. The lowest BCUT2D eigenvalue weighted by Gasteiger charge is -2.16. The van der Waals surface area contributed by atoms with Crippen molar-refractivity contribution < 1.29 is 19.1 Å². The van der Waals surface area contributed by atoms with E-state index in [9.17, 15) is 14.4 Å². The van der Waals surface area contributed by atoms with Gasteiger partial charge in [0.1, 0.15) is 5.75 Å². The van der Waals surface area contributed by atoms with E-state index < -0.39 is 6.03 Å². The van der Waals surface area contributed by atoms with Crippen molar-refractivity contribution in [3.63, 3.8) is 0 Å². The molecule has 0 aromatic heterocycles. The zero-order valence-electron chi connectivity index (χ0n) is 17.2. The molecule has 0 radical (unpaired) electrons. The number of ether oxygens (including phenoxy) is 1. The van der Waals surface area contributed by atoms with Crippen LogP contribution in [0.15, 0.2) is 42.5 Å². The number of rotatable bonds is 7. The van der Waals surface area contributed by atoms with Crippen LogP contribution in [0.25, 0.3) is 0 Å². The summed E-state index contributed by atoms with van der Waals surface area (Å²) in [6, 6.07) is 12.5. The Bertz CT molecular complexity index is 927. The van der Waals surface area contributed by atoms with Crippen molar-refractivity contribution in [1.29, 1.82) is 0 Å². The van der Waals surface area contributed by atoms with Gasteiger partial charge < -0.3 is 25.6 Å². The highest BCUT2D eigenvalue weighted by molar-refractivity contribution is 5.96. The maximum atomic E-state index is 12.1. The quantitative estimate of drug-likeness (QED) is 0.653. The Labute approximate surface area is 175 Å². The third-order valence-corrected chi connectivity index (χ3v) is 4.81. The van der Waals surface area contributed by atoms with Gasteiger partial charge in [-0.25, -0.2) is 4.79 Å². The lowest BCUT2D eigenvalue weighted by Crippen LogP contribution is -2.39. The number of aryl methyl sites for hydroxylation is 1. The van der Waals surface area contributed by atoms with Crippen LogP contribution in [0.2, 0.25) is 0 Å². The first-order chi connectivity index (χ1) is 14.5. The lowest BCUT2D eigenvalue weighted by molar-refractivity contribution is -0.117. The second kappa shape index (κ2) is 9.78. The number of anilines is 2. The molecule has 3 N–H and O–H groups in total. The monoisotopic (exact) mass is 410 g/mol. The summed E-state index contributed by atoms with van der Waals surface area (Å²) in [5.74, 6) is 0.341. The summed E-state index contributed by atoms with van der Waals surface area (Å²) in [4.78, 5) is 37.7. The molecule has 1 aliphatic rings. The first-order valence-electron chi connectivity index (χ1n) is 9.82. The van der Waals surface area contributed by atoms with E-state index in [2.05, 4.69) is 16.0 Å². The maximum absolute atomic E-state index is 12.1. The van der Waals surface area contributed by atoms with Crippen LogP contribution >= 0.6 is 0 Å². The molecule has 1 aliphatic heterocycles. The van der Waals surface area contributed by atoms with Crippen molar-refractivity contribution in [3.8, 4) is 5.75 Å². The number of urea groups is 1. The zero-order chi connectivity index (χ0) is 21.5. The second-order valence-electron chi connectivity index (χ2n) is 7.10. The number of carbonyl (C=O) groups is 3. The smallest absolute Gasteiger partial charge is 0.315 e. The van der Waals surface area contributed by atoms with Crippen LogP contribution in [-0.4, -0.2) is 38.0 Å². The Morgan fingerprint density at radius 2 is 1.87 bits per heavy atom. The molecule has 1 fully saturated rings. The minimum absolute atomic E-state index is 0.141. The molecular formula is C22H26N4O4. The summed E-state index contributed by atoms with van der Waals surface area (Å²) in [7, 11) is 1.53. The SMILES string of the molecule is COc1ccc(C)cc1NC(=O)CNC(=O)NCc1ccc(N2CCCC2=O)cc1. The molecule has 0 bridgehead atoms. The van der Waals surface area contributed by atoms with Crippen molar-refractivity contribution in [1.82, 2.24) is 10.6 Å². The second-order valence-corrected chi connectivity index (χ2v) is 7.10. The first kappa shape index (κ1) is 21.2. The predicted molar refractivity (Wildman–Crippen MR) is 115 cm³/mol. The molecule has 0 spiro atoms. The van der Waals surface area contributed by atoms with E-state index in [1.165, 1.54) is 7.11 Å². The fraction of sp³-hybridized carbons (Fsp3) is 0.318. The van der Waals surface area contributed by atoms with Crippen molar-refractivity contribution in [2.75, 3.05) is 30.4 Å². The standard InChI is InChI=1S/C22H26N4O4/c1-15-5-10-19(30-2)18(12-15)25-20(27)14-24-22(29)23-13-16-6-8-17(9-7-16)26-11-3-4-21(26)28/h5-10,12H,3-4,11,13-14H2,1-2H3,(H,25,27)(H2,23,24,29). The lowest BCUT2D eigenvalue weighted by atomic mass is 10.2. The van der Waals surface area contributed by atoms with Crippen molar-refractivity contribution >= 4 is 29.2 Å². The molecule has 30 heavy (non-hydrogen) atoms. The van der Waals surface area contributed by atoms with E-state index in [-0.39, 0.29) is 18.4 Å². The number of hydrogen-bond acceptors (Lipinski definition) is 4. The van der Waals surface area contributed by atoms with Crippen LogP contribution in [0.1, 0.15) is 24.0 Å². The summed E-state index contributed by atoms with van der Waals surface area (Å²) in [5.41, 5.74) is 3.31. The van der Waals surface area contributed by atoms with Gasteiger partial charge in [0.05, 0.1) is 19.3 Å². The molecular weight excluding hydrogens is 384 g/mol. The number of benzene rings is 2. The van der Waals surface area contributed by atoms with Crippen molar-refractivity contribution in [2.24, 2.45) is 0 Å². The topological polar surface area (TPSA) is 99.8 Å². The van der Waals surface area contributed by atoms with Crippen molar-refractivity contribution in [2.45, 2.75) is 26.3 Å². The van der Waals surface area contributed by atoms with Gasteiger partial charge in [0.2, 0.25) is 11.8 Å². The highest BCUT2D eigenvalue weighted by Gasteiger charge is 2.21. The Hall–Kier alpha value is -3.55. The Kier molecular flexibility index (Phi) is 6.90. The average Bonchev–Trinajstić information content (AvgIpc) is 3.17. The molecule has 0 atom stereocenters. The van der Waals surface area contributed by atoms with E-state index >= 15 is 0 Å². The molecule has 0 saturated carbocycles. The molecule has 158 valence electrons. The number of methoxy groups -OCH3 is 1. The van der Waals surface area contributed by atoms with Gasteiger partial charge in [0.15, 0.2) is 0 Å². The molecule has 1 saturated heterocycles. The molecule has 0 aliphatic carbocycles. The Balaban J connectivity index is 1.43. The number of carbonyl (C=O) groups excluding carboxylic acids is 3. The zero-order valence-corrected chi connectivity index (χ0v) is 17.2. The largest absolute Gasteiger partial charge is 0.495 e. The molecule has 8 nitrogen and oxygen atoms in total. The van der Waals surface area contributed by atoms with E-state index in [4.69, 9.17) is 4.74 Å². The normalized spacial score (nSPS) is 13.1. The fourth-order valence-electron chi connectivity index (χ4n) is 3.23. The minimum atomic E-state index is -0.444. The van der Waals surface area contributed by atoms with Gasteiger partial charge in [-0.05, 0) is 48.7 Å². The summed E-state index contributed by atoms with van der Waals surface area (Å²) >= 11 is 0. The summed E-state index contributed by atoms with van der Waals surface area (Å²) < 4.78 is 5.23. The molecule has 2 aromatic rings. The van der Waals surface area contributed by atoms with Crippen molar-refractivity contribution in [3.05, 3.63) is 53.6 Å². The van der Waals surface area contributed by atoms with Crippen LogP contribution in [0.5, 0.6) is 5.75 Å². The van der Waals surface area contributed by atoms with Crippen LogP contribution < -0.4 is 25.6 Å². The summed E-state index contributed by atoms with van der Waals surface area (Å²) in [5, 5.41) is 7.97. The minimum Gasteiger partial charge on any atom is -0.495 e. The van der Waals surface area contributed by atoms with Crippen LogP contribution in [0, 0.1) is 6.92 Å². The van der Waals surface area contributed by atoms with Gasteiger partial charge in [-0.2, -0.15) is 0 Å². The molecule has 3 rings (SSSR count). The third-order valence-electron chi connectivity index (χ3n) is 4.81. The summed E-state index contributed by atoms with van der Waals surface area (Å²) in [6.07, 6.45) is 1.47. The maximum Gasteiger partial charge on any atom is 0.315 e. The van der Waals surface area contributed by atoms with Gasteiger partial charge in [-0.3, -0.25) is 9.59 Å². The third kappa shape index (κ3) is 5.50. The van der Waals surface area contributed by atoms with Gasteiger partial charge >= 0.3 is 6.03 Å². The molecule has 0 unspecified atom stereocenters. The van der Waals surface area contributed by atoms with Gasteiger partial charge in [-0.1, -0.05) is 18.2 Å². The summed E-state index contributed by atoms with van der Waals surface area (Å²) in [6.45, 7) is 2.80. The molecule has 1 heterocycles.